The summed E-state index contributed by atoms with van der Waals surface area (Å²) >= 11 is 0. The topological polar surface area (TPSA) is 69.7 Å². The van der Waals surface area contributed by atoms with E-state index in [1.54, 1.807) is 6.92 Å². The van der Waals surface area contributed by atoms with E-state index in [1.807, 2.05) is 0 Å². The Morgan fingerprint density at radius 3 is 2.41 bits per heavy atom. The molecule has 0 saturated carbocycles. The molecular weight excluding hydrogens is 369 g/mol. The van der Waals surface area contributed by atoms with E-state index in [1.165, 1.54) is 24.3 Å². The van der Waals surface area contributed by atoms with Crippen LogP contribution in [0.4, 0.5) is 10.1 Å². The third-order valence-electron chi connectivity index (χ3n) is 5.10. The van der Waals surface area contributed by atoms with Crippen LogP contribution in [-0.4, -0.2) is 58.2 Å². The predicted octanol–water partition coefficient (Wildman–Crippen LogP) is 2.22. The van der Waals surface area contributed by atoms with Gasteiger partial charge in [0.2, 0.25) is 15.9 Å². The number of amides is 1. The average Bonchev–Trinajstić information content (AvgIpc) is 2.61. The van der Waals surface area contributed by atoms with E-state index in [-0.39, 0.29) is 11.6 Å². The highest BCUT2D eigenvalue weighted by Crippen LogP contribution is 2.23. The summed E-state index contributed by atoms with van der Waals surface area (Å²) in [5.41, 5.74) is 0.288. The Labute approximate surface area is 161 Å². The number of piperidine rings is 1. The minimum Gasteiger partial charge on any atom is -0.354 e. The van der Waals surface area contributed by atoms with Crippen LogP contribution in [-0.2, 0) is 14.8 Å². The molecule has 0 aromatic heterocycles. The van der Waals surface area contributed by atoms with Gasteiger partial charge >= 0.3 is 0 Å². The maximum atomic E-state index is 13.2. The highest BCUT2D eigenvalue weighted by molar-refractivity contribution is 7.92. The Hall–Kier alpha value is -1.67. The van der Waals surface area contributed by atoms with E-state index < -0.39 is 21.9 Å². The summed E-state index contributed by atoms with van der Waals surface area (Å²) in [4.78, 5) is 15.0. The Morgan fingerprint density at radius 2 is 1.89 bits per heavy atom. The molecule has 0 aliphatic carbocycles. The first-order chi connectivity index (χ1) is 12.7. The normalized spacial score (nSPS) is 17.5. The lowest BCUT2D eigenvalue weighted by atomic mass is 9.94. The van der Waals surface area contributed by atoms with Gasteiger partial charge in [-0.1, -0.05) is 6.92 Å². The molecule has 2 rings (SSSR count). The fraction of sp³-hybridized carbons (Fsp3) is 0.632. The summed E-state index contributed by atoms with van der Waals surface area (Å²) in [6, 6.07) is 4.29. The van der Waals surface area contributed by atoms with Crippen LogP contribution < -0.4 is 9.62 Å². The monoisotopic (exact) mass is 399 g/mol. The van der Waals surface area contributed by atoms with Gasteiger partial charge in [0, 0.05) is 6.54 Å². The van der Waals surface area contributed by atoms with Crippen LogP contribution in [0.25, 0.3) is 0 Å². The quantitative estimate of drug-likeness (QED) is 0.728. The number of hydrogen-bond acceptors (Lipinski definition) is 4. The standard InChI is InChI=1S/C19H30FN3O3S/c1-4-18(19(24)21-12-9-15-10-13-22(2)14-11-15)23(27(3,25)26)17-7-5-16(20)6-8-17/h5-8,15,18H,4,9-14H2,1-3H3,(H,21,24)/t18-/m1/s1. The van der Waals surface area contributed by atoms with Gasteiger partial charge in [-0.15, -0.1) is 0 Å². The molecular formula is C19H30FN3O3S. The molecule has 1 aromatic carbocycles. The van der Waals surface area contributed by atoms with E-state index >= 15 is 0 Å². The van der Waals surface area contributed by atoms with E-state index in [0.29, 0.717) is 18.9 Å². The van der Waals surface area contributed by atoms with Gasteiger partial charge in [-0.25, -0.2) is 12.8 Å². The number of benzene rings is 1. The van der Waals surface area contributed by atoms with Gasteiger partial charge in [-0.2, -0.15) is 0 Å². The molecule has 1 heterocycles. The van der Waals surface area contributed by atoms with Crippen molar-refractivity contribution in [2.45, 2.75) is 38.6 Å². The molecule has 1 fully saturated rings. The molecule has 1 N–H and O–H groups in total. The zero-order chi connectivity index (χ0) is 20.0. The number of anilines is 1. The zero-order valence-corrected chi connectivity index (χ0v) is 17.1. The predicted molar refractivity (Wildman–Crippen MR) is 106 cm³/mol. The van der Waals surface area contributed by atoms with E-state index in [0.717, 1.165) is 42.9 Å². The van der Waals surface area contributed by atoms with Gasteiger partial charge in [-0.3, -0.25) is 9.10 Å². The lowest BCUT2D eigenvalue weighted by molar-refractivity contribution is -0.122. The van der Waals surface area contributed by atoms with Crippen molar-refractivity contribution in [1.29, 1.82) is 0 Å². The summed E-state index contributed by atoms with van der Waals surface area (Å²) in [6.07, 6.45) is 4.52. The molecule has 152 valence electrons. The molecule has 1 aliphatic rings. The number of hydrogen-bond donors (Lipinski definition) is 1. The van der Waals surface area contributed by atoms with Crippen molar-refractivity contribution in [1.82, 2.24) is 10.2 Å². The maximum absolute atomic E-state index is 13.2. The van der Waals surface area contributed by atoms with Crippen LogP contribution in [0.2, 0.25) is 0 Å². The summed E-state index contributed by atoms with van der Waals surface area (Å²) in [5.74, 6) is -0.187. The van der Waals surface area contributed by atoms with Crippen LogP contribution in [0.15, 0.2) is 24.3 Å². The molecule has 6 nitrogen and oxygen atoms in total. The van der Waals surface area contributed by atoms with Gasteiger partial charge in [0.1, 0.15) is 11.9 Å². The third-order valence-corrected chi connectivity index (χ3v) is 6.28. The molecule has 1 amide bonds. The summed E-state index contributed by atoms with van der Waals surface area (Å²) in [5, 5.41) is 2.89. The SMILES string of the molecule is CC[C@H](C(=O)NCCC1CCN(C)CC1)N(c1ccc(F)cc1)S(C)(=O)=O. The molecule has 1 aromatic rings. The number of rotatable bonds is 8. The molecule has 0 unspecified atom stereocenters. The smallest absolute Gasteiger partial charge is 0.243 e. The zero-order valence-electron chi connectivity index (χ0n) is 16.3. The Bertz CT molecular complexity index is 716. The largest absolute Gasteiger partial charge is 0.354 e. The second kappa shape index (κ2) is 9.50. The first-order valence-corrected chi connectivity index (χ1v) is 11.3. The first-order valence-electron chi connectivity index (χ1n) is 9.43. The first kappa shape index (κ1) is 21.6. The van der Waals surface area contributed by atoms with Gasteiger partial charge in [0.15, 0.2) is 0 Å². The average molecular weight is 400 g/mol. The van der Waals surface area contributed by atoms with Crippen molar-refractivity contribution in [3.8, 4) is 0 Å². The van der Waals surface area contributed by atoms with Crippen molar-refractivity contribution in [3.63, 3.8) is 0 Å². The number of carbonyl (C=O) groups excluding carboxylic acids is 1. The maximum Gasteiger partial charge on any atom is 0.243 e. The number of nitrogens with zero attached hydrogens (tertiary/aromatic N) is 2. The molecule has 1 atom stereocenters. The van der Waals surface area contributed by atoms with E-state index in [2.05, 4.69) is 17.3 Å². The van der Waals surface area contributed by atoms with Crippen LogP contribution in [0.1, 0.15) is 32.6 Å². The highest BCUT2D eigenvalue weighted by Gasteiger charge is 2.31. The number of nitrogens with one attached hydrogen (secondary N) is 1. The molecule has 0 spiro atoms. The number of carbonyl (C=O) groups is 1. The number of halogens is 1. The lowest BCUT2D eigenvalue weighted by Gasteiger charge is -2.31. The van der Waals surface area contributed by atoms with Crippen LogP contribution in [0.5, 0.6) is 0 Å². The van der Waals surface area contributed by atoms with Crippen LogP contribution >= 0.6 is 0 Å². The Balaban J connectivity index is 2.02. The molecule has 0 bridgehead atoms. The van der Waals surface area contributed by atoms with E-state index in [9.17, 15) is 17.6 Å². The summed E-state index contributed by atoms with van der Waals surface area (Å²) < 4.78 is 38.9. The fourth-order valence-corrected chi connectivity index (χ4v) is 4.73. The van der Waals surface area contributed by atoms with Crippen molar-refractivity contribution in [2.75, 3.05) is 37.2 Å². The Kier molecular flexibility index (Phi) is 7.61. The van der Waals surface area contributed by atoms with Crippen LogP contribution in [0.3, 0.4) is 0 Å². The van der Waals surface area contributed by atoms with Gasteiger partial charge in [0.05, 0.1) is 11.9 Å². The summed E-state index contributed by atoms with van der Waals surface area (Å²) in [6.45, 7) is 4.44. The minimum atomic E-state index is -3.69. The summed E-state index contributed by atoms with van der Waals surface area (Å²) in [7, 11) is -1.58. The molecule has 1 aliphatic heterocycles. The van der Waals surface area contributed by atoms with Crippen LogP contribution in [0, 0.1) is 11.7 Å². The van der Waals surface area contributed by atoms with Gasteiger partial charge < -0.3 is 10.2 Å². The number of likely N-dealkylation sites (tertiary alicyclic amines) is 1. The van der Waals surface area contributed by atoms with Crippen molar-refractivity contribution in [3.05, 3.63) is 30.1 Å². The third kappa shape index (κ3) is 6.17. The minimum absolute atomic E-state index is 0.288. The lowest BCUT2D eigenvalue weighted by Crippen LogP contribution is -2.49. The molecule has 1 saturated heterocycles. The van der Waals surface area contributed by atoms with Gasteiger partial charge in [-0.05, 0) is 76.0 Å². The molecule has 27 heavy (non-hydrogen) atoms. The highest BCUT2D eigenvalue weighted by atomic mass is 32.2. The number of sulfonamides is 1. The van der Waals surface area contributed by atoms with Crippen molar-refractivity contribution >= 4 is 21.6 Å². The molecule has 8 heteroatoms. The second-order valence-corrected chi connectivity index (χ2v) is 9.15. The second-order valence-electron chi connectivity index (χ2n) is 7.29. The fourth-order valence-electron chi connectivity index (χ4n) is 3.52. The van der Waals surface area contributed by atoms with Gasteiger partial charge in [0.25, 0.3) is 0 Å². The molecule has 0 radical (unpaired) electrons. The van der Waals surface area contributed by atoms with Crippen molar-refractivity contribution < 1.29 is 17.6 Å². The van der Waals surface area contributed by atoms with E-state index in [4.69, 9.17) is 0 Å². The van der Waals surface area contributed by atoms with Crippen molar-refractivity contribution in [2.24, 2.45) is 5.92 Å². The Morgan fingerprint density at radius 1 is 1.30 bits per heavy atom.